The number of aromatic nitrogens is 2. The number of carbonyl (C=O) groups excluding carboxylic acids is 1. The van der Waals surface area contributed by atoms with Crippen LogP contribution in [0.2, 0.25) is 0 Å². The molecule has 0 aliphatic heterocycles. The van der Waals surface area contributed by atoms with Gasteiger partial charge in [-0.25, -0.2) is 14.2 Å². The van der Waals surface area contributed by atoms with E-state index in [1.54, 1.807) is 36.4 Å². The maximum absolute atomic E-state index is 13.8. The van der Waals surface area contributed by atoms with Gasteiger partial charge in [0.05, 0.1) is 17.1 Å². The highest BCUT2D eigenvalue weighted by Gasteiger charge is 2.22. The molecule has 0 aliphatic rings. The first-order valence-electron chi connectivity index (χ1n) is 9.10. The fourth-order valence-corrected chi connectivity index (χ4v) is 3.52. The van der Waals surface area contributed by atoms with E-state index in [4.69, 9.17) is 0 Å². The monoisotopic (exact) mass is 442 g/mol. The molecule has 1 amide bonds. The normalized spacial score (nSPS) is 11.4. The summed E-state index contributed by atoms with van der Waals surface area (Å²) in [5.74, 6) is -1.89. The van der Waals surface area contributed by atoms with Crippen molar-refractivity contribution >= 4 is 34.1 Å². The van der Waals surface area contributed by atoms with Gasteiger partial charge in [0.25, 0.3) is 5.56 Å². The number of benzene rings is 2. The Hall–Kier alpha value is -3.66. The molecule has 160 valence electrons. The number of halogens is 1. The topological polar surface area (TPSA) is 106 Å². The lowest BCUT2D eigenvalue weighted by atomic mass is 10.3. The molecule has 0 spiro atoms. The van der Waals surface area contributed by atoms with Crippen LogP contribution in [0.25, 0.3) is 0 Å². The quantitative estimate of drug-likeness (QED) is 0.466. The number of rotatable bonds is 5. The number of para-hydroxylation sites is 2. The Morgan fingerprint density at radius 2 is 1.71 bits per heavy atom. The second-order valence-corrected chi connectivity index (χ2v) is 7.44. The van der Waals surface area contributed by atoms with Gasteiger partial charge in [-0.3, -0.25) is 18.7 Å². The predicted molar refractivity (Wildman–Crippen MR) is 119 cm³/mol. The fourth-order valence-electron chi connectivity index (χ4n) is 2.68. The fraction of sp³-hybridized carbons (Fsp3) is 0.143. The summed E-state index contributed by atoms with van der Waals surface area (Å²) in [7, 11) is 2.60. The molecule has 10 heteroatoms. The van der Waals surface area contributed by atoms with Crippen molar-refractivity contribution in [3.05, 3.63) is 86.8 Å². The van der Waals surface area contributed by atoms with Gasteiger partial charge in [0.2, 0.25) is 11.8 Å². The molecule has 0 radical (unpaired) electrons. The zero-order valence-corrected chi connectivity index (χ0v) is 17.5. The largest absolute Gasteiger partial charge is 0.494 e. The van der Waals surface area contributed by atoms with Crippen LogP contribution in [0.15, 0.2) is 69.2 Å². The molecule has 0 atom stereocenters. The molecule has 0 aliphatic carbocycles. The number of nitrogens with zero attached hydrogens (tertiary/aromatic N) is 3. The number of nitrogens with one attached hydrogen (secondary N) is 1. The molecular formula is C21H19FN4O4S. The molecule has 0 saturated heterocycles. The third kappa shape index (κ3) is 4.92. The van der Waals surface area contributed by atoms with Crippen LogP contribution in [-0.4, -0.2) is 30.9 Å². The van der Waals surface area contributed by atoms with Gasteiger partial charge in [-0.2, -0.15) is 0 Å². The number of thioether (sulfide) groups is 1. The zero-order chi connectivity index (χ0) is 22.5. The van der Waals surface area contributed by atoms with E-state index in [1.807, 2.05) is 0 Å². The highest BCUT2D eigenvalue weighted by atomic mass is 32.2. The van der Waals surface area contributed by atoms with E-state index in [9.17, 15) is 23.9 Å². The zero-order valence-electron chi connectivity index (χ0n) is 16.7. The Morgan fingerprint density at radius 3 is 2.39 bits per heavy atom. The van der Waals surface area contributed by atoms with Gasteiger partial charge < -0.3 is 10.4 Å². The van der Waals surface area contributed by atoms with Crippen molar-refractivity contribution in [2.24, 2.45) is 19.1 Å². The predicted octanol–water partition coefficient (Wildman–Crippen LogP) is 2.38. The molecule has 0 saturated carbocycles. The number of aromatic hydroxyl groups is 1. The highest BCUT2D eigenvalue weighted by Crippen LogP contribution is 2.23. The molecule has 3 rings (SSSR count). The Kier molecular flexibility index (Phi) is 6.71. The SMILES string of the molecule is Cn1c(O)c(C(=Nc2ccccc2)SCC(=O)Nc2ccccc2F)c(=O)n(C)c1=O. The molecule has 3 aromatic rings. The lowest BCUT2D eigenvalue weighted by Crippen LogP contribution is -2.39. The van der Waals surface area contributed by atoms with Crippen molar-refractivity contribution in [3.8, 4) is 5.88 Å². The second kappa shape index (κ2) is 9.43. The van der Waals surface area contributed by atoms with E-state index in [-0.39, 0.29) is 22.0 Å². The van der Waals surface area contributed by atoms with Gasteiger partial charge in [0.1, 0.15) is 16.4 Å². The Labute approximate surface area is 180 Å². The van der Waals surface area contributed by atoms with Crippen molar-refractivity contribution in [1.82, 2.24) is 9.13 Å². The lowest BCUT2D eigenvalue weighted by molar-refractivity contribution is -0.113. The summed E-state index contributed by atoms with van der Waals surface area (Å²) >= 11 is 0.881. The lowest BCUT2D eigenvalue weighted by Gasteiger charge is -2.12. The molecule has 1 aromatic heterocycles. The summed E-state index contributed by atoms with van der Waals surface area (Å²) in [4.78, 5) is 41.5. The van der Waals surface area contributed by atoms with Crippen LogP contribution in [0.5, 0.6) is 5.88 Å². The number of hydrogen-bond donors (Lipinski definition) is 2. The summed E-state index contributed by atoms with van der Waals surface area (Å²) in [5, 5.41) is 13.0. The van der Waals surface area contributed by atoms with Gasteiger partial charge in [-0.1, -0.05) is 42.1 Å². The molecule has 31 heavy (non-hydrogen) atoms. The molecule has 2 aromatic carbocycles. The van der Waals surface area contributed by atoms with Gasteiger partial charge >= 0.3 is 5.69 Å². The maximum Gasteiger partial charge on any atom is 0.333 e. The van der Waals surface area contributed by atoms with E-state index in [2.05, 4.69) is 10.3 Å². The molecule has 0 fully saturated rings. The van der Waals surface area contributed by atoms with Crippen molar-refractivity contribution in [1.29, 1.82) is 0 Å². The number of aliphatic imine (C=N–C) groups is 1. The number of hydrogen-bond acceptors (Lipinski definition) is 6. The summed E-state index contributed by atoms with van der Waals surface area (Å²) in [5.41, 5.74) is -1.16. The van der Waals surface area contributed by atoms with Crippen LogP contribution in [0.3, 0.4) is 0 Å². The van der Waals surface area contributed by atoms with Gasteiger partial charge in [-0.05, 0) is 24.3 Å². The first-order valence-corrected chi connectivity index (χ1v) is 10.1. The average molecular weight is 442 g/mol. The van der Waals surface area contributed by atoms with Gasteiger partial charge in [0, 0.05) is 14.1 Å². The van der Waals surface area contributed by atoms with Crippen LogP contribution in [-0.2, 0) is 18.9 Å². The van der Waals surface area contributed by atoms with Crippen molar-refractivity contribution in [2.45, 2.75) is 0 Å². The Balaban J connectivity index is 1.97. The maximum atomic E-state index is 13.8. The molecule has 8 nitrogen and oxygen atoms in total. The van der Waals surface area contributed by atoms with E-state index >= 15 is 0 Å². The van der Waals surface area contributed by atoms with E-state index < -0.39 is 28.9 Å². The smallest absolute Gasteiger partial charge is 0.333 e. The number of carbonyl (C=O) groups is 1. The summed E-state index contributed by atoms with van der Waals surface area (Å²) in [6.45, 7) is 0. The molecular weight excluding hydrogens is 423 g/mol. The molecule has 0 bridgehead atoms. The van der Waals surface area contributed by atoms with Crippen molar-refractivity contribution in [3.63, 3.8) is 0 Å². The second-order valence-electron chi connectivity index (χ2n) is 6.47. The van der Waals surface area contributed by atoms with Crippen molar-refractivity contribution < 1.29 is 14.3 Å². The molecule has 1 heterocycles. The third-order valence-electron chi connectivity index (χ3n) is 4.32. The summed E-state index contributed by atoms with van der Waals surface area (Å²) in [6.07, 6.45) is 0. The van der Waals surface area contributed by atoms with Crippen molar-refractivity contribution in [2.75, 3.05) is 11.1 Å². The third-order valence-corrected chi connectivity index (χ3v) is 5.30. The first-order chi connectivity index (χ1) is 14.8. The van der Waals surface area contributed by atoms with Crippen LogP contribution < -0.4 is 16.6 Å². The Bertz CT molecular complexity index is 1270. The molecule has 0 unspecified atom stereocenters. The minimum atomic E-state index is -0.753. The first kappa shape index (κ1) is 22.0. The van der Waals surface area contributed by atoms with Crippen LogP contribution >= 0.6 is 11.8 Å². The highest BCUT2D eigenvalue weighted by molar-refractivity contribution is 8.15. The Morgan fingerprint density at radius 1 is 1.06 bits per heavy atom. The van der Waals surface area contributed by atoms with E-state index in [1.165, 1.54) is 32.3 Å². The average Bonchev–Trinajstić information content (AvgIpc) is 2.77. The van der Waals surface area contributed by atoms with Crippen LogP contribution in [0.4, 0.5) is 15.8 Å². The van der Waals surface area contributed by atoms with E-state index in [0.29, 0.717) is 5.69 Å². The van der Waals surface area contributed by atoms with Crippen LogP contribution in [0.1, 0.15) is 5.56 Å². The number of amides is 1. The van der Waals surface area contributed by atoms with Crippen LogP contribution in [0, 0.1) is 5.82 Å². The standard InChI is InChI=1S/C21H19FN4O4S/c1-25-19(28)17(20(29)26(2)21(25)30)18(23-13-8-4-3-5-9-13)31-12-16(27)24-15-11-7-6-10-14(15)22/h3-11,28H,12H2,1-2H3,(H,24,27). The van der Waals surface area contributed by atoms with Gasteiger partial charge in [-0.15, -0.1) is 0 Å². The molecule has 2 N–H and O–H groups in total. The minimum absolute atomic E-state index is 0.0236. The number of anilines is 1. The summed E-state index contributed by atoms with van der Waals surface area (Å²) in [6, 6.07) is 14.4. The minimum Gasteiger partial charge on any atom is -0.494 e. The van der Waals surface area contributed by atoms with E-state index in [0.717, 1.165) is 20.9 Å². The summed E-state index contributed by atoms with van der Waals surface area (Å²) < 4.78 is 15.5. The van der Waals surface area contributed by atoms with Gasteiger partial charge in [0.15, 0.2) is 0 Å².